The Balaban J connectivity index is 1.95. The normalized spacial score (nSPS) is 10.7. The number of nitrogens with one attached hydrogen (secondary N) is 2. The first kappa shape index (κ1) is 28.1. The Morgan fingerprint density at radius 1 is 0.639 bits per heavy atom. The van der Waals surface area contributed by atoms with Crippen molar-refractivity contribution in [3.63, 3.8) is 0 Å². The first-order valence-electron chi connectivity index (χ1n) is 10.9. The van der Waals surface area contributed by atoms with Gasteiger partial charge in [-0.2, -0.15) is 0 Å². The van der Waals surface area contributed by atoms with Crippen LogP contribution in [0.1, 0.15) is 0 Å². The van der Waals surface area contributed by atoms with Crippen LogP contribution in [0.4, 0.5) is 11.4 Å². The van der Waals surface area contributed by atoms with Gasteiger partial charge in [0.15, 0.2) is 0 Å². The van der Waals surface area contributed by atoms with E-state index >= 15 is 0 Å². The maximum absolute atomic E-state index is 12.5. The second-order valence-corrected chi connectivity index (χ2v) is 7.76. The van der Waals surface area contributed by atoms with Gasteiger partial charge < -0.3 is 30.3 Å². The van der Waals surface area contributed by atoms with E-state index in [4.69, 9.17) is 9.47 Å². The third-order valence-electron chi connectivity index (χ3n) is 4.93. The number of anilines is 2. The molecule has 12 heteroatoms. The molecule has 0 fully saturated rings. The number of carbonyl (C=O) groups is 4. The van der Waals surface area contributed by atoms with E-state index < -0.39 is 36.8 Å². The Morgan fingerprint density at radius 2 is 0.972 bits per heavy atom. The van der Waals surface area contributed by atoms with Gasteiger partial charge >= 0.3 is 11.9 Å². The summed E-state index contributed by atoms with van der Waals surface area (Å²) in [5.41, 5.74) is 1.03. The summed E-state index contributed by atoms with van der Waals surface area (Å²) in [7, 11) is 3.04. The number of hydrogen-bond acceptors (Lipinski definition) is 8. The van der Waals surface area contributed by atoms with Crippen molar-refractivity contribution < 1.29 is 38.9 Å². The van der Waals surface area contributed by atoms with Crippen LogP contribution in [-0.2, 0) is 19.2 Å². The minimum atomic E-state index is -1.14. The number of benzene rings is 2. The molecule has 2 aromatic rings. The van der Waals surface area contributed by atoms with Gasteiger partial charge in [-0.25, -0.2) is 0 Å². The molecule has 36 heavy (non-hydrogen) atoms. The van der Waals surface area contributed by atoms with Gasteiger partial charge in [0.05, 0.1) is 40.4 Å². The molecule has 0 saturated carbocycles. The van der Waals surface area contributed by atoms with Crippen molar-refractivity contribution in [1.29, 1.82) is 0 Å². The lowest BCUT2D eigenvalue weighted by molar-refractivity contribution is -0.140. The molecule has 0 aliphatic rings. The fourth-order valence-corrected chi connectivity index (χ4v) is 3.25. The van der Waals surface area contributed by atoms with Crippen LogP contribution in [0, 0.1) is 0 Å². The zero-order valence-corrected chi connectivity index (χ0v) is 20.1. The van der Waals surface area contributed by atoms with Crippen molar-refractivity contribution in [3.8, 4) is 11.5 Å². The Labute approximate surface area is 208 Å². The summed E-state index contributed by atoms with van der Waals surface area (Å²) in [6.07, 6.45) is 0. The van der Waals surface area contributed by atoms with E-state index in [1.165, 1.54) is 24.0 Å². The van der Waals surface area contributed by atoms with Gasteiger partial charge in [0.1, 0.15) is 11.5 Å². The molecule has 0 unspecified atom stereocenters. The first-order chi connectivity index (χ1) is 17.2. The molecule has 4 N–H and O–H groups in total. The molecule has 0 bridgehead atoms. The van der Waals surface area contributed by atoms with E-state index in [0.29, 0.717) is 22.9 Å². The Morgan fingerprint density at radius 3 is 1.25 bits per heavy atom. The van der Waals surface area contributed by atoms with E-state index in [1.807, 2.05) is 0 Å². The Hall–Kier alpha value is -4.16. The number of amides is 2. The van der Waals surface area contributed by atoms with Crippen molar-refractivity contribution in [1.82, 2.24) is 9.80 Å². The summed E-state index contributed by atoms with van der Waals surface area (Å²) in [5, 5.41) is 23.8. The van der Waals surface area contributed by atoms with E-state index in [-0.39, 0.29) is 26.2 Å². The zero-order valence-electron chi connectivity index (χ0n) is 20.1. The van der Waals surface area contributed by atoms with Gasteiger partial charge in [0.2, 0.25) is 11.8 Å². The lowest BCUT2D eigenvalue weighted by Gasteiger charge is -2.25. The van der Waals surface area contributed by atoms with Crippen molar-refractivity contribution in [2.24, 2.45) is 0 Å². The molecule has 194 valence electrons. The van der Waals surface area contributed by atoms with Crippen molar-refractivity contribution in [2.45, 2.75) is 0 Å². The van der Waals surface area contributed by atoms with Gasteiger partial charge in [-0.05, 0) is 48.5 Å². The van der Waals surface area contributed by atoms with E-state index in [0.717, 1.165) is 0 Å². The summed E-state index contributed by atoms with van der Waals surface area (Å²) >= 11 is 0. The quantitative estimate of drug-likeness (QED) is 0.277. The largest absolute Gasteiger partial charge is 0.497 e. The van der Waals surface area contributed by atoms with Crippen LogP contribution in [0.2, 0.25) is 0 Å². The molecule has 0 aliphatic carbocycles. The highest BCUT2D eigenvalue weighted by molar-refractivity contribution is 5.93. The molecule has 0 spiro atoms. The average Bonchev–Trinajstić information content (AvgIpc) is 2.82. The van der Waals surface area contributed by atoms with Crippen molar-refractivity contribution in [3.05, 3.63) is 48.5 Å². The number of rotatable bonds is 15. The van der Waals surface area contributed by atoms with Crippen LogP contribution in [0.25, 0.3) is 0 Å². The molecule has 0 atom stereocenters. The third kappa shape index (κ3) is 10.4. The minimum Gasteiger partial charge on any atom is -0.497 e. The summed E-state index contributed by atoms with van der Waals surface area (Å²) in [6, 6.07) is 13.3. The molecule has 0 aromatic heterocycles. The molecular formula is C24H30N4O8. The second kappa shape index (κ2) is 14.3. The average molecular weight is 503 g/mol. The summed E-state index contributed by atoms with van der Waals surface area (Å²) in [6.45, 7) is -1.25. The van der Waals surface area contributed by atoms with Crippen LogP contribution in [0.5, 0.6) is 11.5 Å². The number of hydrogen-bond donors (Lipinski definition) is 4. The van der Waals surface area contributed by atoms with Gasteiger partial charge in [-0.3, -0.25) is 29.0 Å². The highest BCUT2D eigenvalue weighted by Gasteiger charge is 2.19. The molecule has 2 rings (SSSR count). The number of ether oxygens (including phenoxy) is 2. The maximum atomic E-state index is 12.5. The molecule has 2 aromatic carbocycles. The standard InChI is InChI=1S/C24H30N4O8/c1-35-19-7-3-17(4-8-19)25-21(29)13-27(15-23(31)32)11-12-28(16-24(33)34)14-22(30)26-18-5-9-20(36-2)10-6-18/h3-10H,11-16H2,1-2H3,(H,25,29)(H,26,30)(H,31,32)(H,33,34). The van der Waals surface area contributed by atoms with Gasteiger partial charge in [-0.15, -0.1) is 0 Å². The summed E-state index contributed by atoms with van der Waals surface area (Å²) < 4.78 is 10.1. The molecule has 12 nitrogen and oxygen atoms in total. The molecule has 0 aliphatic heterocycles. The maximum Gasteiger partial charge on any atom is 0.317 e. The van der Waals surface area contributed by atoms with Gasteiger partial charge in [0, 0.05) is 24.5 Å². The highest BCUT2D eigenvalue weighted by atomic mass is 16.5. The van der Waals surface area contributed by atoms with Crippen molar-refractivity contribution >= 4 is 35.1 Å². The van der Waals surface area contributed by atoms with E-state index in [9.17, 15) is 29.4 Å². The number of carbonyl (C=O) groups excluding carboxylic acids is 2. The van der Waals surface area contributed by atoms with Crippen LogP contribution >= 0.6 is 0 Å². The van der Waals surface area contributed by atoms with E-state index in [1.54, 1.807) is 48.5 Å². The summed E-state index contributed by atoms with van der Waals surface area (Å²) in [5.74, 6) is -1.93. The van der Waals surface area contributed by atoms with Crippen LogP contribution in [0.15, 0.2) is 48.5 Å². The zero-order chi connectivity index (χ0) is 26.5. The lowest BCUT2D eigenvalue weighted by Crippen LogP contribution is -2.44. The SMILES string of the molecule is COc1ccc(NC(=O)CN(CCN(CC(=O)O)CC(=O)Nc2ccc(OC)cc2)CC(=O)O)cc1. The molecule has 0 radical (unpaired) electrons. The van der Waals surface area contributed by atoms with E-state index in [2.05, 4.69) is 10.6 Å². The van der Waals surface area contributed by atoms with Crippen molar-refractivity contribution in [2.75, 3.05) is 64.1 Å². The van der Waals surface area contributed by atoms with Crippen LogP contribution < -0.4 is 20.1 Å². The fraction of sp³-hybridized carbons (Fsp3) is 0.333. The predicted octanol–water partition coefficient (Wildman–Crippen LogP) is 1.05. The topological polar surface area (TPSA) is 158 Å². The number of methoxy groups -OCH3 is 2. The molecular weight excluding hydrogens is 472 g/mol. The minimum absolute atomic E-state index is 0.0471. The number of carboxylic acids is 2. The highest BCUT2D eigenvalue weighted by Crippen LogP contribution is 2.16. The predicted molar refractivity (Wildman–Crippen MR) is 131 cm³/mol. The molecule has 0 heterocycles. The Bertz CT molecular complexity index is 944. The van der Waals surface area contributed by atoms with Gasteiger partial charge in [-0.1, -0.05) is 0 Å². The van der Waals surface area contributed by atoms with Gasteiger partial charge in [0.25, 0.3) is 0 Å². The van der Waals surface area contributed by atoms with Crippen LogP contribution in [-0.4, -0.2) is 97.3 Å². The Kier molecular flexibility index (Phi) is 11.1. The first-order valence-corrected chi connectivity index (χ1v) is 10.9. The summed E-state index contributed by atoms with van der Waals surface area (Å²) in [4.78, 5) is 50.2. The number of nitrogens with zero attached hydrogens (tertiary/aromatic N) is 2. The number of aliphatic carboxylic acids is 2. The fourth-order valence-electron chi connectivity index (χ4n) is 3.25. The molecule has 2 amide bonds. The third-order valence-corrected chi connectivity index (χ3v) is 4.93. The monoisotopic (exact) mass is 502 g/mol. The lowest BCUT2D eigenvalue weighted by atomic mass is 10.3. The van der Waals surface area contributed by atoms with Crippen LogP contribution in [0.3, 0.4) is 0 Å². The smallest absolute Gasteiger partial charge is 0.317 e. The number of carboxylic acid groups (broad SMARTS) is 2. The molecule has 0 saturated heterocycles. The second-order valence-electron chi connectivity index (χ2n) is 7.76.